The van der Waals surface area contributed by atoms with Crippen LogP contribution in [0.2, 0.25) is 5.02 Å². The number of amides is 1. The van der Waals surface area contributed by atoms with Gasteiger partial charge < -0.3 is 9.73 Å². The summed E-state index contributed by atoms with van der Waals surface area (Å²) >= 11 is 6.12. The third-order valence-corrected chi connectivity index (χ3v) is 2.87. The number of nitrogens with one attached hydrogen (secondary N) is 1. The molecular formula is C14H14ClNO2. The summed E-state index contributed by atoms with van der Waals surface area (Å²) in [7, 11) is 0. The number of carbonyl (C=O) groups is 1. The Kier molecular flexibility index (Phi) is 4.05. The van der Waals surface area contributed by atoms with E-state index in [2.05, 4.69) is 5.32 Å². The van der Waals surface area contributed by atoms with Crippen LogP contribution in [0.25, 0.3) is 11.3 Å². The second kappa shape index (κ2) is 5.74. The third kappa shape index (κ3) is 2.74. The van der Waals surface area contributed by atoms with Gasteiger partial charge in [0.15, 0.2) is 0 Å². The minimum absolute atomic E-state index is 0.146. The Morgan fingerprint density at radius 1 is 1.39 bits per heavy atom. The summed E-state index contributed by atoms with van der Waals surface area (Å²) in [6, 6.07) is 8.94. The Morgan fingerprint density at radius 2 is 2.22 bits per heavy atom. The van der Waals surface area contributed by atoms with Gasteiger partial charge >= 0.3 is 0 Å². The normalized spacial score (nSPS) is 10.3. The number of hydrogen-bond acceptors (Lipinski definition) is 2. The van der Waals surface area contributed by atoms with Gasteiger partial charge in [0.25, 0.3) is 5.91 Å². The highest BCUT2D eigenvalue weighted by molar-refractivity contribution is 6.34. The molecule has 4 heteroatoms. The first-order valence-corrected chi connectivity index (χ1v) is 6.21. The molecule has 0 bridgehead atoms. The van der Waals surface area contributed by atoms with E-state index in [4.69, 9.17) is 16.0 Å². The molecule has 0 saturated carbocycles. The van der Waals surface area contributed by atoms with Gasteiger partial charge in [-0.15, -0.1) is 0 Å². The van der Waals surface area contributed by atoms with E-state index in [1.807, 2.05) is 25.1 Å². The molecule has 0 aliphatic heterocycles. The van der Waals surface area contributed by atoms with Crippen LogP contribution < -0.4 is 5.32 Å². The van der Waals surface area contributed by atoms with Gasteiger partial charge in [0, 0.05) is 12.1 Å². The molecule has 3 nitrogen and oxygen atoms in total. The molecule has 1 amide bonds. The van der Waals surface area contributed by atoms with Gasteiger partial charge in [-0.1, -0.05) is 24.6 Å². The molecule has 1 aromatic heterocycles. The van der Waals surface area contributed by atoms with Gasteiger partial charge in [0.2, 0.25) is 0 Å². The lowest BCUT2D eigenvalue weighted by molar-refractivity contribution is 0.0954. The maximum atomic E-state index is 11.8. The molecule has 2 rings (SSSR count). The monoisotopic (exact) mass is 263 g/mol. The summed E-state index contributed by atoms with van der Waals surface area (Å²) in [5, 5.41) is 3.23. The molecule has 0 atom stereocenters. The molecular weight excluding hydrogens is 250 g/mol. The first-order valence-electron chi connectivity index (χ1n) is 5.84. The maximum Gasteiger partial charge on any atom is 0.252 e. The smallest absolute Gasteiger partial charge is 0.252 e. The Hall–Kier alpha value is -1.74. The van der Waals surface area contributed by atoms with Crippen LogP contribution >= 0.6 is 11.6 Å². The van der Waals surface area contributed by atoms with Crippen LogP contribution in [0.3, 0.4) is 0 Å². The fourth-order valence-corrected chi connectivity index (χ4v) is 1.90. The number of benzene rings is 1. The van der Waals surface area contributed by atoms with Crippen LogP contribution in [0.4, 0.5) is 0 Å². The number of rotatable bonds is 4. The maximum absolute atomic E-state index is 11.8. The summed E-state index contributed by atoms with van der Waals surface area (Å²) in [6.07, 6.45) is 2.50. The van der Waals surface area contributed by atoms with Gasteiger partial charge in [0.1, 0.15) is 5.76 Å². The van der Waals surface area contributed by atoms with Gasteiger partial charge in [-0.25, -0.2) is 0 Å². The Balaban J connectivity index is 2.23. The number of halogens is 1. The van der Waals surface area contributed by atoms with Crippen LogP contribution in [-0.2, 0) is 0 Å². The number of hydrogen-bond donors (Lipinski definition) is 1. The molecule has 18 heavy (non-hydrogen) atoms. The van der Waals surface area contributed by atoms with Crippen molar-refractivity contribution in [2.24, 2.45) is 0 Å². The lowest BCUT2D eigenvalue weighted by atomic mass is 10.1. The molecule has 0 unspecified atom stereocenters. The predicted molar refractivity (Wildman–Crippen MR) is 71.8 cm³/mol. The molecule has 94 valence electrons. The van der Waals surface area contributed by atoms with Crippen LogP contribution in [0.15, 0.2) is 41.0 Å². The molecule has 0 radical (unpaired) electrons. The van der Waals surface area contributed by atoms with Gasteiger partial charge in [-0.05, 0) is 30.7 Å². The van der Waals surface area contributed by atoms with E-state index in [-0.39, 0.29) is 5.91 Å². The summed E-state index contributed by atoms with van der Waals surface area (Å²) in [4.78, 5) is 11.8. The average molecular weight is 264 g/mol. The first-order chi connectivity index (χ1) is 8.72. The summed E-state index contributed by atoms with van der Waals surface area (Å²) < 4.78 is 5.28. The van der Waals surface area contributed by atoms with Crippen molar-refractivity contribution in [3.63, 3.8) is 0 Å². The summed E-state index contributed by atoms with van der Waals surface area (Å²) in [6.45, 7) is 2.65. The molecule has 1 heterocycles. The molecule has 0 saturated heterocycles. The standard InChI is InChI=1S/C14H14ClNO2/c1-2-7-16-14(17)11-6-5-10(9-12(11)15)13-4-3-8-18-13/h3-6,8-9H,2,7H2,1H3,(H,16,17). The zero-order valence-corrected chi connectivity index (χ0v) is 10.8. The van der Waals surface area contributed by atoms with Crippen LogP contribution in [0.5, 0.6) is 0 Å². The van der Waals surface area contributed by atoms with Gasteiger partial charge in [-0.3, -0.25) is 4.79 Å². The largest absolute Gasteiger partial charge is 0.464 e. The van der Waals surface area contributed by atoms with Gasteiger partial charge in [0.05, 0.1) is 16.8 Å². The van der Waals surface area contributed by atoms with Crippen molar-refractivity contribution in [1.29, 1.82) is 0 Å². The van der Waals surface area contributed by atoms with E-state index >= 15 is 0 Å². The Labute approximate surface area is 111 Å². The predicted octanol–water partition coefficient (Wildman–Crippen LogP) is 3.74. The average Bonchev–Trinajstić information content (AvgIpc) is 2.89. The van der Waals surface area contributed by atoms with Crippen molar-refractivity contribution in [3.05, 3.63) is 47.2 Å². The first kappa shape index (κ1) is 12.7. The lowest BCUT2D eigenvalue weighted by Crippen LogP contribution is -2.24. The highest BCUT2D eigenvalue weighted by Crippen LogP contribution is 2.25. The molecule has 0 aliphatic rings. The minimum Gasteiger partial charge on any atom is -0.464 e. The molecule has 0 fully saturated rings. The van der Waals surface area contributed by atoms with Crippen molar-refractivity contribution in [2.45, 2.75) is 13.3 Å². The van der Waals surface area contributed by atoms with E-state index in [1.165, 1.54) is 0 Å². The molecule has 2 aromatic rings. The second-order valence-electron chi connectivity index (χ2n) is 3.93. The van der Waals surface area contributed by atoms with E-state index < -0.39 is 0 Å². The molecule has 0 spiro atoms. The van der Waals surface area contributed by atoms with Crippen molar-refractivity contribution in [1.82, 2.24) is 5.32 Å². The summed E-state index contributed by atoms with van der Waals surface area (Å²) in [5.41, 5.74) is 1.34. The highest BCUT2D eigenvalue weighted by atomic mass is 35.5. The Bertz CT molecular complexity index is 535. The van der Waals surface area contributed by atoms with Crippen molar-refractivity contribution in [3.8, 4) is 11.3 Å². The minimum atomic E-state index is -0.146. The van der Waals surface area contributed by atoms with E-state index in [9.17, 15) is 4.79 Å². The fraction of sp³-hybridized carbons (Fsp3) is 0.214. The SMILES string of the molecule is CCCNC(=O)c1ccc(-c2ccco2)cc1Cl. The van der Waals surface area contributed by atoms with Gasteiger partial charge in [-0.2, -0.15) is 0 Å². The summed E-state index contributed by atoms with van der Waals surface area (Å²) in [5.74, 6) is 0.588. The zero-order chi connectivity index (χ0) is 13.0. The topological polar surface area (TPSA) is 42.2 Å². The lowest BCUT2D eigenvalue weighted by Gasteiger charge is -2.06. The third-order valence-electron chi connectivity index (χ3n) is 2.55. The number of furan rings is 1. The van der Waals surface area contributed by atoms with Crippen LogP contribution in [-0.4, -0.2) is 12.5 Å². The van der Waals surface area contributed by atoms with Crippen molar-refractivity contribution in [2.75, 3.05) is 6.54 Å². The molecule has 1 N–H and O–H groups in total. The quantitative estimate of drug-likeness (QED) is 0.913. The second-order valence-corrected chi connectivity index (χ2v) is 4.34. The molecule has 0 aliphatic carbocycles. The van der Waals surface area contributed by atoms with E-state index in [0.29, 0.717) is 17.1 Å². The van der Waals surface area contributed by atoms with Crippen molar-refractivity contribution < 1.29 is 9.21 Å². The Morgan fingerprint density at radius 3 is 2.83 bits per heavy atom. The van der Waals surface area contributed by atoms with Crippen molar-refractivity contribution >= 4 is 17.5 Å². The van der Waals surface area contributed by atoms with Crippen LogP contribution in [0, 0.1) is 0 Å². The molecule has 1 aromatic carbocycles. The zero-order valence-electron chi connectivity index (χ0n) is 10.1. The number of carbonyl (C=O) groups excluding carboxylic acids is 1. The fourth-order valence-electron chi connectivity index (χ4n) is 1.63. The van der Waals surface area contributed by atoms with E-state index in [0.717, 1.165) is 17.7 Å². The highest BCUT2D eigenvalue weighted by Gasteiger charge is 2.11. The van der Waals surface area contributed by atoms with E-state index in [1.54, 1.807) is 18.4 Å². The van der Waals surface area contributed by atoms with Crippen LogP contribution in [0.1, 0.15) is 23.7 Å².